The average Bonchev–Trinajstić information content (AvgIpc) is 3.23. The van der Waals surface area contributed by atoms with E-state index in [9.17, 15) is 41.0 Å². The first kappa shape index (κ1) is 33.3. The van der Waals surface area contributed by atoms with Gasteiger partial charge < -0.3 is 19.5 Å². The first-order valence-electron chi connectivity index (χ1n) is 15.3. The number of nitrogens with zero attached hydrogens (tertiary/aromatic N) is 4. The molecule has 1 aromatic heterocycles. The minimum Gasteiger partial charge on any atom is -0.507 e. The molecule has 0 spiro atoms. The number of phenols is 1. The van der Waals surface area contributed by atoms with E-state index >= 15 is 0 Å². The van der Waals surface area contributed by atoms with Crippen molar-refractivity contribution in [2.24, 2.45) is 5.92 Å². The van der Waals surface area contributed by atoms with E-state index in [4.69, 9.17) is 14.5 Å². The molecule has 0 radical (unpaired) electrons. The Kier molecular flexibility index (Phi) is 8.44. The Balaban J connectivity index is 1.36. The lowest BCUT2D eigenvalue weighted by Gasteiger charge is -2.34. The van der Waals surface area contributed by atoms with Gasteiger partial charge in [0.2, 0.25) is 5.95 Å². The topological polar surface area (TPSA) is 105 Å². The van der Waals surface area contributed by atoms with Gasteiger partial charge in [-0.05, 0) is 80.5 Å². The summed E-state index contributed by atoms with van der Waals surface area (Å²) in [5, 5.41) is 11.0. The predicted molar refractivity (Wildman–Crippen MR) is 159 cm³/mol. The van der Waals surface area contributed by atoms with Gasteiger partial charge in [-0.1, -0.05) is 6.07 Å². The molecule has 2 unspecified atom stereocenters. The van der Waals surface area contributed by atoms with Gasteiger partial charge in [0.15, 0.2) is 0 Å². The molecular weight excluding hydrogens is 646 g/mol. The maximum atomic E-state index is 13.6. The van der Waals surface area contributed by atoms with Gasteiger partial charge >= 0.3 is 24.4 Å². The number of hydrogen-bond acceptors (Lipinski definition) is 8. The molecule has 6 rings (SSSR count). The molecular formula is C33H32F6N4O5. The largest absolute Gasteiger partial charge is 0.507 e. The molecule has 256 valence electrons. The summed E-state index contributed by atoms with van der Waals surface area (Å²) >= 11 is 0. The second-order valence-corrected chi connectivity index (χ2v) is 12.4. The van der Waals surface area contributed by atoms with Crippen LogP contribution in [0.15, 0.2) is 36.4 Å². The number of methoxy groups -OCH3 is 1. The zero-order valence-corrected chi connectivity index (χ0v) is 26.2. The van der Waals surface area contributed by atoms with Gasteiger partial charge in [-0.25, -0.2) is 14.8 Å². The van der Waals surface area contributed by atoms with Crippen LogP contribution in [0.3, 0.4) is 0 Å². The number of aromatic nitrogens is 2. The second-order valence-electron chi connectivity index (χ2n) is 12.4. The van der Waals surface area contributed by atoms with Crippen LogP contribution in [0, 0.1) is 12.8 Å². The summed E-state index contributed by atoms with van der Waals surface area (Å²) in [5.74, 6) is -0.193. The minimum atomic E-state index is -5.07. The third-order valence-corrected chi connectivity index (χ3v) is 9.38. The van der Waals surface area contributed by atoms with E-state index in [1.807, 2.05) is 4.90 Å². The SMILES string of the molecule is COC(=O)C1CC(c2ccc(O)c(-c3c(C)nc(N4CCC4)nc3CN3C(=O)OC(c4cc(C(F)(F)F)cc(C(F)(F)F)c4)C3C)c2)C1. The van der Waals surface area contributed by atoms with Crippen molar-refractivity contribution >= 4 is 18.0 Å². The Morgan fingerprint density at radius 3 is 2.21 bits per heavy atom. The Morgan fingerprint density at radius 2 is 1.65 bits per heavy atom. The smallest absolute Gasteiger partial charge is 0.416 e. The number of rotatable bonds is 7. The van der Waals surface area contributed by atoms with Gasteiger partial charge in [0.25, 0.3) is 0 Å². The van der Waals surface area contributed by atoms with E-state index in [2.05, 4.69) is 4.98 Å². The van der Waals surface area contributed by atoms with Crippen LogP contribution in [0.5, 0.6) is 5.75 Å². The third kappa shape index (κ3) is 6.21. The Bertz CT molecular complexity index is 1720. The van der Waals surface area contributed by atoms with E-state index in [0.717, 1.165) is 12.0 Å². The maximum absolute atomic E-state index is 13.6. The highest BCUT2D eigenvalue weighted by Gasteiger charge is 2.44. The molecule has 2 aliphatic heterocycles. The number of aryl methyl sites for hydroxylation is 1. The molecule has 2 aromatic carbocycles. The summed E-state index contributed by atoms with van der Waals surface area (Å²) < 4.78 is 91.9. The van der Waals surface area contributed by atoms with Gasteiger partial charge in [-0.2, -0.15) is 26.3 Å². The van der Waals surface area contributed by atoms with Gasteiger partial charge in [0, 0.05) is 24.2 Å². The molecule has 15 heteroatoms. The van der Waals surface area contributed by atoms with Crippen LogP contribution in [0.2, 0.25) is 0 Å². The fourth-order valence-corrected chi connectivity index (χ4v) is 6.46. The lowest BCUT2D eigenvalue weighted by Crippen LogP contribution is -2.39. The van der Waals surface area contributed by atoms with Crippen molar-refractivity contribution in [3.8, 4) is 16.9 Å². The molecule has 9 nitrogen and oxygen atoms in total. The van der Waals surface area contributed by atoms with Crippen molar-refractivity contribution in [2.75, 3.05) is 25.1 Å². The molecule has 2 atom stereocenters. The number of benzene rings is 2. The molecule has 1 amide bonds. The van der Waals surface area contributed by atoms with Crippen LogP contribution in [-0.2, 0) is 33.2 Å². The number of carbonyl (C=O) groups is 2. The highest BCUT2D eigenvalue weighted by molar-refractivity contribution is 5.77. The predicted octanol–water partition coefficient (Wildman–Crippen LogP) is 7.15. The van der Waals surface area contributed by atoms with Gasteiger partial charge in [0.1, 0.15) is 11.9 Å². The van der Waals surface area contributed by atoms with E-state index in [-0.39, 0.29) is 36.2 Å². The summed E-state index contributed by atoms with van der Waals surface area (Å²) in [6.45, 7) is 4.35. The molecule has 0 bridgehead atoms. The van der Waals surface area contributed by atoms with E-state index in [0.29, 0.717) is 66.5 Å². The molecule has 48 heavy (non-hydrogen) atoms. The lowest BCUT2D eigenvalue weighted by molar-refractivity contribution is -0.149. The fraction of sp³-hybridized carbons (Fsp3) is 0.455. The highest BCUT2D eigenvalue weighted by Crippen LogP contribution is 2.46. The molecule has 3 heterocycles. The van der Waals surface area contributed by atoms with Crippen molar-refractivity contribution < 1.29 is 50.5 Å². The van der Waals surface area contributed by atoms with E-state index < -0.39 is 47.3 Å². The third-order valence-electron chi connectivity index (χ3n) is 9.38. The second kappa shape index (κ2) is 12.2. The van der Waals surface area contributed by atoms with Crippen molar-refractivity contribution in [1.82, 2.24) is 14.9 Å². The van der Waals surface area contributed by atoms with Crippen LogP contribution < -0.4 is 4.90 Å². The van der Waals surface area contributed by atoms with Gasteiger partial charge in [-0.15, -0.1) is 0 Å². The van der Waals surface area contributed by atoms with E-state index in [1.54, 1.807) is 19.1 Å². The van der Waals surface area contributed by atoms with Gasteiger partial charge in [-0.3, -0.25) is 9.69 Å². The number of phenolic OH excluding ortho intramolecular Hbond substituents is 1. The van der Waals surface area contributed by atoms with Crippen molar-refractivity contribution in [3.63, 3.8) is 0 Å². The van der Waals surface area contributed by atoms with Gasteiger partial charge in [0.05, 0.1) is 48.1 Å². The fourth-order valence-electron chi connectivity index (χ4n) is 6.46. The molecule has 3 fully saturated rings. The average molecular weight is 679 g/mol. The van der Waals surface area contributed by atoms with Crippen molar-refractivity contribution in [3.05, 3.63) is 70.0 Å². The Hall–Kier alpha value is -4.56. The van der Waals surface area contributed by atoms with Crippen LogP contribution >= 0.6 is 0 Å². The monoisotopic (exact) mass is 678 g/mol. The summed E-state index contributed by atoms with van der Waals surface area (Å²) in [6, 6.07) is 5.21. The number of amides is 1. The first-order chi connectivity index (χ1) is 22.5. The number of aromatic hydroxyl groups is 1. The number of halogens is 6. The van der Waals surface area contributed by atoms with Crippen LogP contribution in [-0.4, -0.2) is 58.3 Å². The molecule has 1 saturated carbocycles. The van der Waals surface area contributed by atoms with Crippen molar-refractivity contribution in [2.45, 2.75) is 70.1 Å². The standard InChI is InChI=1S/C33H32F6N4O5/c1-16-27(24-13-18(5-6-26(24)44)19-9-21(10-19)29(45)47-3)25(41-30(40-16)42-7-4-8-42)15-43-17(2)28(48-31(43)46)20-11-22(32(34,35)36)14-23(12-20)33(37,38)39/h5-6,11-14,17,19,21,28,44H,4,7-10,15H2,1-3H3. The van der Waals surface area contributed by atoms with Crippen LogP contribution in [0.4, 0.5) is 37.1 Å². The first-order valence-corrected chi connectivity index (χ1v) is 15.3. The molecule has 1 aliphatic carbocycles. The number of cyclic esters (lactones) is 1. The summed E-state index contributed by atoms with van der Waals surface area (Å²) in [6.07, 6.45) is -10.5. The lowest BCUT2D eigenvalue weighted by atomic mass is 9.71. The number of ether oxygens (including phenoxy) is 2. The van der Waals surface area contributed by atoms with Crippen molar-refractivity contribution in [1.29, 1.82) is 0 Å². The number of anilines is 1. The summed E-state index contributed by atoms with van der Waals surface area (Å²) in [5.41, 5.74) is -1.02. The minimum absolute atomic E-state index is 0.0236. The molecule has 3 aliphatic rings. The van der Waals surface area contributed by atoms with Crippen LogP contribution in [0.25, 0.3) is 11.1 Å². The Labute approximate surface area is 271 Å². The number of esters is 1. The number of carbonyl (C=O) groups excluding carboxylic acids is 2. The van der Waals surface area contributed by atoms with Crippen LogP contribution in [0.1, 0.15) is 71.8 Å². The quantitative estimate of drug-likeness (QED) is 0.208. The zero-order chi connectivity index (χ0) is 34.7. The molecule has 3 aromatic rings. The zero-order valence-electron chi connectivity index (χ0n) is 26.2. The maximum Gasteiger partial charge on any atom is 0.416 e. The number of alkyl halides is 6. The normalized spacial score (nSPS) is 22.6. The molecule has 1 N–H and O–H groups in total. The summed E-state index contributed by atoms with van der Waals surface area (Å²) in [4.78, 5) is 37.7. The number of hydrogen-bond donors (Lipinski definition) is 1. The molecule has 2 saturated heterocycles. The Morgan fingerprint density at radius 1 is 1.00 bits per heavy atom. The highest BCUT2D eigenvalue weighted by atomic mass is 19.4. The van der Waals surface area contributed by atoms with E-state index in [1.165, 1.54) is 25.0 Å². The summed E-state index contributed by atoms with van der Waals surface area (Å²) in [7, 11) is 1.33.